The maximum atomic E-state index is 10.5. The zero-order valence-corrected chi connectivity index (χ0v) is 10.8. The number of hydrogen-bond donors (Lipinski definition) is 1. The zero-order valence-electron chi connectivity index (χ0n) is 10.8. The van der Waals surface area contributed by atoms with Gasteiger partial charge in [0.05, 0.1) is 18.1 Å². The Morgan fingerprint density at radius 3 is 2.68 bits per heavy atom. The molecule has 0 spiro atoms. The number of nitrogens with zero attached hydrogens (tertiary/aromatic N) is 4. The Kier molecular flexibility index (Phi) is 4.58. The van der Waals surface area contributed by atoms with Crippen LogP contribution in [0, 0.1) is 10.1 Å². The summed E-state index contributed by atoms with van der Waals surface area (Å²) >= 11 is 0. The lowest BCUT2D eigenvalue weighted by atomic mass is 10.3. The van der Waals surface area contributed by atoms with Gasteiger partial charge in [0, 0.05) is 25.7 Å². The Hall–Kier alpha value is -1.80. The van der Waals surface area contributed by atoms with E-state index in [1.54, 1.807) is 0 Å². The van der Waals surface area contributed by atoms with Gasteiger partial charge in [-0.05, 0) is 6.92 Å². The van der Waals surface area contributed by atoms with Gasteiger partial charge in [-0.1, -0.05) is 0 Å². The van der Waals surface area contributed by atoms with Crippen LogP contribution in [0.4, 0.5) is 11.6 Å². The van der Waals surface area contributed by atoms with Crippen LogP contribution in [0.25, 0.3) is 0 Å². The molecule has 104 valence electrons. The van der Waals surface area contributed by atoms with E-state index in [2.05, 4.69) is 20.2 Å². The first-order valence-electron chi connectivity index (χ1n) is 6.18. The molecule has 0 aliphatic carbocycles. The van der Waals surface area contributed by atoms with Crippen LogP contribution in [0.3, 0.4) is 0 Å². The largest absolute Gasteiger partial charge is 0.379 e. The van der Waals surface area contributed by atoms with Crippen LogP contribution in [-0.2, 0) is 4.74 Å². The SMILES string of the molecule is CC(CN1CCOCC1)Nc1ncc([N+](=O)[O-])cn1. The fourth-order valence-corrected chi connectivity index (χ4v) is 1.93. The zero-order chi connectivity index (χ0) is 13.7. The van der Waals surface area contributed by atoms with E-state index < -0.39 is 4.92 Å². The van der Waals surface area contributed by atoms with E-state index in [1.165, 1.54) is 12.4 Å². The van der Waals surface area contributed by atoms with Crippen LogP contribution >= 0.6 is 0 Å². The second-order valence-electron chi connectivity index (χ2n) is 4.48. The molecule has 0 bridgehead atoms. The first-order valence-corrected chi connectivity index (χ1v) is 6.18. The molecule has 1 aliphatic rings. The first kappa shape index (κ1) is 13.6. The van der Waals surface area contributed by atoms with E-state index in [0.717, 1.165) is 32.8 Å². The number of nitrogens with one attached hydrogen (secondary N) is 1. The van der Waals surface area contributed by atoms with Crippen molar-refractivity contribution in [3.8, 4) is 0 Å². The van der Waals surface area contributed by atoms with Crippen molar-refractivity contribution in [1.29, 1.82) is 0 Å². The molecule has 0 saturated carbocycles. The summed E-state index contributed by atoms with van der Waals surface area (Å²) in [5.41, 5.74) is -0.105. The van der Waals surface area contributed by atoms with Gasteiger partial charge in [-0.25, -0.2) is 9.97 Å². The van der Waals surface area contributed by atoms with Crippen molar-refractivity contribution in [3.63, 3.8) is 0 Å². The van der Waals surface area contributed by atoms with E-state index in [0.29, 0.717) is 5.95 Å². The van der Waals surface area contributed by atoms with Gasteiger partial charge < -0.3 is 10.1 Å². The van der Waals surface area contributed by atoms with Gasteiger partial charge in [-0.15, -0.1) is 0 Å². The molecule has 0 aromatic carbocycles. The molecule has 19 heavy (non-hydrogen) atoms. The molecule has 2 rings (SSSR count). The molecule has 1 atom stereocenters. The topological polar surface area (TPSA) is 93.4 Å². The molecular weight excluding hydrogens is 250 g/mol. The smallest absolute Gasteiger partial charge is 0.305 e. The Balaban J connectivity index is 1.83. The lowest BCUT2D eigenvalue weighted by Gasteiger charge is -2.29. The average Bonchev–Trinajstić information content (AvgIpc) is 2.40. The van der Waals surface area contributed by atoms with Crippen molar-refractivity contribution in [1.82, 2.24) is 14.9 Å². The highest BCUT2D eigenvalue weighted by molar-refractivity contribution is 5.31. The van der Waals surface area contributed by atoms with E-state index in [1.807, 2.05) is 6.92 Å². The fourth-order valence-electron chi connectivity index (χ4n) is 1.93. The highest BCUT2D eigenvalue weighted by Gasteiger charge is 2.14. The van der Waals surface area contributed by atoms with Crippen LogP contribution in [0.1, 0.15) is 6.92 Å². The average molecular weight is 267 g/mol. The summed E-state index contributed by atoms with van der Waals surface area (Å²) in [6.45, 7) is 6.27. The van der Waals surface area contributed by atoms with Crippen molar-refractivity contribution in [3.05, 3.63) is 22.5 Å². The van der Waals surface area contributed by atoms with Crippen molar-refractivity contribution in [2.24, 2.45) is 0 Å². The van der Waals surface area contributed by atoms with Crippen LogP contribution < -0.4 is 5.32 Å². The molecule has 2 heterocycles. The minimum atomic E-state index is -0.513. The summed E-state index contributed by atoms with van der Waals surface area (Å²) in [5.74, 6) is 0.409. The molecule has 1 fully saturated rings. The quantitative estimate of drug-likeness (QED) is 0.614. The highest BCUT2D eigenvalue weighted by atomic mass is 16.6. The van der Waals surface area contributed by atoms with Gasteiger partial charge in [0.1, 0.15) is 12.4 Å². The Morgan fingerprint density at radius 2 is 2.11 bits per heavy atom. The molecule has 0 amide bonds. The lowest BCUT2D eigenvalue weighted by Crippen LogP contribution is -2.42. The lowest BCUT2D eigenvalue weighted by molar-refractivity contribution is -0.385. The minimum absolute atomic E-state index is 0.105. The molecule has 8 heteroatoms. The monoisotopic (exact) mass is 267 g/mol. The van der Waals surface area contributed by atoms with Gasteiger partial charge in [0.25, 0.3) is 0 Å². The van der Waals surface area contributed by atoms with Crippen LogP contribution in [0.2, 0.25) is 0 Å². The van der Waals surface area contributed by atoms with E-state index >= 15 is 0 Å². The van der Waals surface area contributed by atoms with Gasteiger partial charge >= 0.3 is 5.69 Å². The number of rotatable bonds is 5. The second kappa shape index (κ2) is 6.39. The van der Waals surface area contributed by atoms with E-state index in [-0.39, 0.29) is 11.7 Å². The third-order valence-corrected chi connectivity index (χ3v) is 2.86. The summed E-state index contributed by atoms with van der Waals surface area (Å²) in [4.78, 5) is 20.1. The normalized spacial score (nSPS) is 17.9. The predicted octanol–water partition coefficient (Wildman–Crippen LogP) is 0.517. The van der Waals surface area contributed by atoms with E-state index in [4.69, 9.17) is 4.74 Å². The third-order valence-electron chi connectivity index (χ3n) is 2.86. The molecule has 8 nitrogen and oxygen atoms in total. The van der Waals surface area contributed by atoms with Gasteiger partial charge in [0.15, 0.2) is 0 Å². The van der Waals surface area contributed by atoms with Gasteiger partial charge in [-0.3, -0.25) is 15.0 Å². The predicted molar refractivity (Wildman–Crippen MR) is 69.0 cm³/mol. The molecule has 1 aliphatic heterocycles. The molecule has 0 radical (unpaired) electrons. The third kappa shape index (κ3) is 4.11. The Morgan fingerprint density at radius 1 is 1.47 bits per heavy atom. The molecule has 1 aromatic heterocycles. The number of morpholine rings is 1. The van der Waals surface area contributed by atoms with E-state index in [9.17, 15) is 10.1 Å². The van der Waals surface area contributed by atoms with Crippen molar-refractivity contribution in [2.45, 2.75) is 13.0 Å². The minimum Gasteiger partial charge on any atom is -0.379 e. The molecule has 1 saturated heterocycles. The summed E-state index contributed by atoms with van der Waals surface area (Å²) in [6, 6.07) is 0.166. The summed E-state index contributed by atoms with van der Waals surface area (Å²) in [7, 11) is 0. The molecule has 1 unspecified atom stereocenters. The number of ether oxygens (including phenoxy) is 1. The van der Waals surface area contributed by atoms with Gasteiger partial charge in [-0.2, -0.15) is 0 Å². The maximum absolute atomic E-state index is 10.5. The van der Waals surface area contributed by atoms with Gasteiger partial charge in [0.2, 0.25) is 5.95 Å². The van der Waals surface area contributed by atoms with Crippen LogP contribution in [0.15, 0.2) is 12.4 Å². The fraction of sp³-hybridized carbons (Fsp3) is 0.636. The summed E-state index contributed by atoms with van der Waals surface area (Å²) < 4.78 is 5.28. The number of nitro groups is 1. The number of aromatic nitrogens is 2. The second-order valence-corrected chi connectivity index (χ2v) is 4.48. The standard InChI is InChI=1S/C11H17N5O3/c1-9(8-15-2-4-19-5-3-15)14-11-12-6-10(7-13-11)16(17)18/h6-7,9H,2-5,8H2,1H3,(H,12,13,14). The van der Waals surface area contributed by atoms with Crippen molar-refractivity contribution in [2.75, 3.05) is 38.2 Å². The number of hydrogen-bond acceptors (Lipinski definition) is 7. The van der Waals surface area contributed by atoms with Crippen LogP contribution in [-0.4, -0.2) is 58.7 Å². The molecular formula is C11H17N5O3. The Labute approximate surface area is 110 Å². The van der Waals surface area contributed by atoms with Crippen molar-refractivity contribution < 1.29 is 9.66 Å². The molecule has 1 N–H and O–H groups in total. The summed E-state index contributed by atoms with van der Waals surface area (Å²) in [6.07, 6.45) is 2.41. The van der Waals surface area contributed by atoms with Crippen molar-refractivity contribution >= 4 is 11.6 Å². The highest BCUT2D eigenvalue weighted by Crippen LogP contribution is 2.09. The number of anilines is 1. The first-order chi connectivity index (χ1) is 9.15. The Bertz CT molecular complexity index is 419. The molecule has 1 aromatic rings. The van der Waals surface area contributed by atoms with Crippen LogP contribution in [0.5, 0.6) is 0 Å². The maximum Gasteiger partial charge on any atom is 0.305 e. The summed E-state index contributed by atoms with van der Waals surface area (Å²) in [5, 5.41) is 13.6.